The number of amidine groups is 1. The van der Waals surface area contributed by atoms with Crippen LogP contribution in [0.15, 0.2) is 23.4 Å². The van der Waals surface area contributed by atoms with Gasteiger partial charge in [-0.3, -0.25) is 4.84 Å². The molecular weight excluding hydrogens is 281 g/mol. The van der Waals surface area contributed by atoms with Crippen LogP contribution in [0, 0.1) is 0 Å². The lowest BCUT2D eigenvalue weighted by Gasteiger charge is -2.07. The van der Waals surface area contributed by atoms with E-state index < -0.39 is 6.09 Å². The number of rotatable bonds is 4. The van der Waals surface area contributed by atoms with Crippen LogP contribution in [0.2, 0.25) is 10.0 Å². The van der Waals surface area contributed by atoms with Crippen LogP contribution < -0.4 is 15.8 Å². The first-order valence-electron chi connectivity index (χ1n) is 4.82. The maximum Gasteiger partial charge on any atom is 0.433 e. The second-order valence-corrected chi connectivity index (χ2v) is 3.92. The Morgan fingerprint density at radius 3 is 2.83 bits per heavy atom. The maximum absolute atomic E-state index is 10.7. The largest absolute Gasteiger partial charge is 0.484 e. The van der Waals surface area contributed by atoms with E-state index in [0.717, 1.165) is 0 Å². The van der Waals surface area contributed by atoms with Crippen LogP contribution in [0.1, 0.15) is 0 Å². The molecule has 0 atom stereocenters. The third-order valence-electron chi connectivity index (χ3n) is 1.72. The van der Waals surface area contributed by atoms with Crippen LogP contribution in [0.5, 0.6) is 5.75 Å². The molecule has 3 N–H and O–H groups in total. The van der Waals surface area contributed by atoms with Crippen molar-refractivity contribution in [2.75, 3.05) is 13.7 Å². The van der Waals surface area contributed by atoms with Crippen LogP contribution in [0.3, 0.4) is 0 Å². The molecule has 0 heterocycles. The highest BCUT2D eigenvalue weighted by molar-refractivity contribution is 6.35. The third-order valence-corrected chi connectivity index (χ3v) is 2.25. The molecule has 0 aliphatic carbocycles. The van der Waals surface area contributed by atoms with Crippen LogP contribution in [-0.2, 0) is 4.84 Å². The molecule has 0 radical (unpaired) electrons. The van der Waals surface area contributed by atoms with Crippen molar-refractivity contribution in [2.24, 2.45) is 10.9 Å². The van der Waals surface area contributed by atoms with Gasteiger partial charge < -0.3 is 15.8 Å². The summed E-state index contributed by atoms with van der Waals surface area (Å²) in [6.07, 6.45) is -0.720. The molecule has 0 unspecified atom stereocenters. The lowest BCUT2D eigenvalue weighted by atomic mass is 10.3. The zero-order valence-corrected chi connectivity index (χ0v) is 11.0. The molecule has 8 heteroatoms. The summed E-state index contributed by atoms with van der Waals surface area (Å²) in [5.41, 5.74) is 5.46. The number of ether oxygens (including phenoxy) is 1. The first-order valence-corrected chi connectivity index (χ1v) is 5.57. The minimum Gasteiger partial charge on any atom is -0.484 e. The highest BCUT2D eigenvalue weighted by atomic mass is 35.5. The third kappa shape index (κ3) is 4.68. The van der Waals surface area contributed by atoms with E-state index in [9.17, 15) is 4.79 Å². The summed E-state index contributed by atoms with van der Waals surface area (Å²) in [6, 6.07) is 4.75. The molecular formula is C10H11Cl2N3O3. The molecule has 1 aromatic rings. The smallest absolute Gasteiger partial charge is 0.433 e. The van der Waals surface area contributed by atoms with E-state index in [0.29, 0.717) is 15.8 Å². The van der Waals surface area contributed by atoms with Gasteiger partial charge in [-0.25, -0.2) is 4.79 Å². The summed E-state index contributed by atoms with van der Waals surface area (Å²) >= 11 is 11.6. The summed E-state index contributed by atoms with van der Waals surface area (Å²) in [6.45, 7) is -0.0711. The Hall–Kier alpha value is -1.66. The molecule has 0 saturated carbocycles. The van der Waals surface area contributed by atoms with E-state index in [2.05, 4.69) is 15.3 Å². The van der Waals surface area contributed by atoms with Crippen molar-refractivity contribution in [1.29, 1.82) is 0 Å². The highest BCUT2D eigenvalue weighted by Crippen LogP contribution is 2.27. The summed E-state index contributed by atoms with van der Waals surface area (Å²) in [4.78, 5) is 15.1. The fraction of sp³-hybridized carbons (Fsp3) is 0.200. The number of nitrogens with one attached hydrogen (secondary N) is 1. The van der Waals surface area contributed by atoms with Gasteiger partial charge in [0.05, 0.1) is 5.02 Å². The van der Waals surface area contributed by atoms with E-state index >= 15 is 0 Å². The van der Waals surface area contributed by atoms with E-state index in [1.807, 2.05) is 0 Å². The minimum absolute atomic E-state index is 0.00961. The molecule has 98 valence electrons. The minimum atomic E-state index is -0.720. The van der Waals surface area contributed by atoms with Gasteiger partial charge in [-0.2, -0.15) is 0 Å². The van der Waals surface area contributed by atoms with Gasteiger partial charge in [-0.05, 0) is 18.2 Å². The van der Waals surface area contributed by atoms with Gasteiger partial charge in [0, 0.05) is 12.1 Å². The fourth-order valence-electron chi connectivity index (χ4n) is 0.916. The number of benzene rings is 1. The zero-order valence-electron chi connectivity index (χ0n) is 9.44. The van der Waals surface area contributed by atoms with E-state index in [1.165, 1.54) is 13.1 Å². The monoisotopic (exact) mass is 291 g/mol. The van der Waals surface area contributed by atoms with Gasteiger partial charge in [0.15, 0.2) is 5.84 Å². The molecule has 0 aromatic heterocycles. The van der Waals surface area contributed by atoms with Crippen LogP contribution >= 0.6 is 23.2 Å². The predicted molar refractivity (Wildman–Crippen MR) is 69.1 cm³/mol. The molecule has 1 amide bonds. The second kappa shape index (κ2) is 6.93. The Labute approximate surface area is 114 Å². The molecule has 0 bridgehead atoms. The quantitative estimate of drug-likeness (QED) is 0.384. The number of carbonyl (C=O) groups is 1. The number of amides is 1. The van der Waals surface area contributed by atoms with Gasteiger partial charge in [0.2, 0.25) is 0 Å². The molecule has 1 rings (SSSR count). The molecule has 0 fully saturated rings. The number of hydrogen-bond donors (Lipinski definition) is 2. The Kier molecular flexibility index (Phi) is 5.54. The van der Waals surface area contributed by atoms with Crippen LogP contribution in [-0.4, -0.2) is 25.6 Å². The maximum atomic E-state index is 10.7. The van der Waals surface area contributed by atoms with Gasteiger partial charge in [0.25, 0.3) is 0 Å². The SMILES string of the molecule is CNC(=O)ON=C(N)COc1ccc(Cl)cc1Cl. The van der Waals surface area contributed by atoms with Gasteiger partial charge in [-0.15, -0.1) is 0 Å². The number of halogens is 2. The summed E-state index contributed by atoms with van der Waals surface area (Å²) in [7, 11) is 1.40. The molecule has 1 aromatic carbocycles. The summed E-state index contributed by atoms with van der Waals surface area (Å²) in [5, 5.41) is 6.40. The average molecular weight is 292 g/mol. The number of hydrogen-bond acceptors (Lipinski definition) is 4. The van der Waals surface area contributed by atoms with Crippen molar-refractivity contribution in [2.45, 2.75) is 0 Å². The predicted octanol–water partition coefficient (Wildman–Crippen LogP) is 2.00. The number of oxime groups is 1. The topological polar surface area (TPSA) is 85.9 Å². The van der Waals surface area contributed by atoms with Crippen LogP contribution in [0.4, 0.5) is 4.79 Å². The number of nitrogens with zero attached hydrogens (tertiary/aromatic N) is 1. The van der Waals surface area contributed by atoms with Crippen molar-refractivity contribution >= 4 is 35.1 Å². The van der Waals surface area contributed by atoms with Crippen molar-refractivity contribution < 1.29 is 14.4 Å². The Balaban J connectivity index is 2.51. The first-order chi connectivity index (χ1) is 8.52. The van der Waals surface area contributed by atoms with Crippen molar-refractivity contribution in [3.05, 3.63) is 28.2 Å². The van der Waals surface area contributed by atoms with Crippen molar-refractivity contribution in [3.63, 3.8) is 0 Å². The van der Waals surface area contributed by atoms with Crippen molar-refractivity contribution in [3.8, 4) is 5.75 Å². The summed E-state index contributed by atoms with van der Waals surface area (Å²) < 4.78 is 5.26. The van der Waals surface area contributed by atoms with Crippen molar-refractivity contribution in [1.82, 2.24) is 5.32 Å². The average Bonchev–Trinajstić information content (AvgIpc) is 2.34. The molecule has 0 aliphatic heterocycles. The Morgan fingerprint density at radius 2 is 2.22 bits per heavy atom. The molecule has 6 nitrogen and oxygen atoms in total. The van der Waals surface area contributed by atoms with E-state index in [-0.39, 0.29) is 12.4 Å². The normalized spacial score (nSPS) is 10.9. The standard InChI is InChI=1S/C10H11Cl2N3O3/c1-14-10(16)18-15-9(13)5-17-8-3-2-6(11)4-7(8)12/h2-4H,5H2,1H3,(H2,13,15)(H,14,16). The van der Waals surface area contributed by atoms with Gasteiger partial charge in [0.1, 0.15) is 12.4 Å². The second-order valence-electron chi connectivity index (χ2n) is 3.07. The highest BCUT2D eigenvalue weighted by Gasteiger charge is 2.04. The molecule has 0 saturated heterocycles. The Bertz CT molecular complexity index is 466. The van der Waals surface area contributed by atoms with E-state index in [4.69, 9.17) is 33.7 Å². The van der Waals surface area contributed by atoms with Gasteiger partial charge >= 0.3 is 6.09 Å². The van der Waals surface area contributed by atoms with Gasteiger partial charge in [-0.1, -0.05) is 28.4 Å². The Morgan fingerprint density at radius 1 is 1.50 bits per heavy atom. The lowest BCUT2D eigenvalue weighted by Crippen LogP contribution is -2.24. The fourth-order valence-corrected chi connectivity index (χ4v) is 1.38. The zero-order chi connectivity index (χ0) is 13.5. The van der Waals surface area contributed by atoms with Crippen LogP contribution in [0.25, 0.3) is 0 Å². The first kappa shape index (κ1) is 14.4. The molecule has 18 heavy (non-hydrogen) atoms. The van der Waals surface area contributed by atoms with E-state index in [1.54, 1.807) is 12.1 Å². The number of carbonyl (C=O) groups excluding carboxylic acids is 1. The molecule has 0 aliphatic rings. The lowest BCUT2D eigenvalue weighted by molar-refractivity contribution is 0.152. The molecule has 0 spiro atoms. The number of nitrogens with two attached hydrogens (primary N) is 1. The summed E-state index contributed by atoms with van der Waals surface area (Å²) in [5.74, 6) is 0.392.